The summed E-state index contributed by atoms with van der Waals surface area (Å²) < 4.78 is 11.0. The molecule has 0 aliphatic heterocycles. The van der Waals surface area contributed by atoms with Crippen molar-refractivity contribution in [1.82, 2.24) is 4.90 Å². The summed E-state index contributed by atoms with van der Waals surface area (Å²) in [5, 5.41) is 2.93. The summed E-state index contributed by atoms with van der Waals surface area (Å²) in [5.74, 6) is 1.57. The van der Waals surface area contributed by atoms with Crippen LogP contribution in [0.3, 0.4) is 0 Å². The minimum Gasteiger partial charge on any atom is -0.493 e. The van der Waals surface area contributed by atoms with Crippen LogP contribution in [0.25, 0.3) is 0 Å². The summed E-state index contributed by atoms with van der Waals surface area (Å²) in [6.07, 6.45) is 0. The maximum Gasteiger partial charge on any atom is 0.227 e. The molecule has 0 heterocycles. The van der Waals surface area contributed by atoms with Gasteiger partial charge in [-0.15, -0.1) is 0 Å². The average Bonchev–Trinajstić information content (AvgIpc) is 2.46. The number of hydrogen-bond donors (Lipinski definition) is 1. The van der Waals surface area contributed by atoms with Crippen LogP contribution in [0.4, 0.5) is 5.69 Å². The van der Waals surface area contributed by atoms with Gasteiger partial charge in [0, 0.05) is 24.2 Å². The summed E-state index contributed by atoms with van der Waals surface area (Å²) >= 11 is 0. The molecule has 0 aliphatic rings. The lowest BCUT2D eigenvalue weighted by Gasteiger charge is -2.17. The third-order valence-electron chi connectivity index (χ3n) is 3.64. The van der Waals surface area contributed by atoms with Crippen LogP contribution in [0.5, 0.6) is 11.5 Å². The zero-order valence-corrected chi connectivity index (χ0v) is 14.5. The number of nitrogens with zero attached hydrogens (tertiary/aromatic N) is 1. The first-order chi connectivity index (χ1) is 10.3. The molecular weight excluding hydrogens is 280 g/mol. The molecule has 1 rings (SSSR count). The molecule has 0 saturated carbocycles. The van der Waals surface area contributed by atoms with Gasteiger partial charge in [0.1, 0.15) is 6.61 Å². The highest BCUT2D eigenvalue weighted by atomic mass is 16.5. The van der Waals surface area contributed by atoms with Gasteiger partial charge in [-0.05, 0) is 32.1 Å². The summed E-state index contributed by atoms with van der Waals surface area (Å²) in [4.78, 5) is 14.2. The Labute approximate surface area is 133 Å². The second-order valence-electron chi connectivity index (χ2n) is 6.04. The maximum atomic E-state index is 12.1. The summed E-state index contributed by atoms with van der Waals surface area (Å²) in [6, 6.07) is 5.43. The number of likely N-dealkylation sites (N-methyl/N-ethyl adjacent to an activating group) is 1. The van der Waals surface area contributed by atoms with Gasteiger partial charge in [0.05, 0.1) is 7.11 Å². The topological polar surface area (TPSA) is 50.8 Å². The molecule has 5 nitrogen and oxygen atoms in total. The van der Waals surface area contributed by atoms with Crippen molar-refractivity contribution in [2.45, 2.75) is 20.8 Å². The Kier molecular flexibility index (Phi) is 7.18. The molecule has 1 aromatic rings. The molecule has 0 aliphatic carbocycles. The molecule has 0 saturated heterocycles. The number of carbonyl (C=O) groups excluding carboxylic acids is 1. The van der Waals surface area contributed by atoms with Gasteiger partial charge in [0.25, 0.3) is 0 Å². The monoisotopic (exact) mass is 308 g/mol. The molecule has 1 amide bonds. The first-order valence-electron chi connectivity index (χ1n) is 7.61. The average molecular weight is 308 g/mol. The zero-order valence-electron chi connectivity index (χ0n) is 14.5. The molecule has 22 heavy (non-hydrogen) atoms. The van der Waals surface area contributed by atoms with Crippen LogP contribution in [0.15, 0.2) is 18.2 Å². The summed E-state index contributed by atoms with van der Waals surface area (Å²) in [5.41, 5.74) is 0.721. The van der Waals surface area contributed by atoms with E-state index >= 15 is 0 Å². The maximum absolute atomic E-state index is 12.1. The second-order valence-corrected chi connectivity index (χ2v) is 6.04. The Bertz CT molecular complexity index is 487. The van der Waals surface area contributed by atoms with Crippen molar-refractivity contribution in [2.24, 2.45) is 11.8 Å². The Morgan fingerprint density at radius 2 is 1.91 bits per heavy atom. The summed E-state index contributed by atoms with van der Waals surface area (Å²) in [6.45, 7) is 7.37. The quantitative estimate of drug-likeness (QED) is 0.802. The van der Waals surface area contributed by atoms with E-state index in [-0.39, 0.29) is 11.8 Å². The standard InChI is InChI=1S/C17H28N2O3/c1-12(2)13(3)17(20)18-14-7-8-15(21-6)16(11-14)22-10-9-19(4)5/h7-8,11-13H,9-10H2,1-6H3,(H,18,20). The number of anilines is 1. The lowest BCUT2D eigenvalue weighted by Crippen LogP contribution is -2.24. The first-order valence-corrected chi connectivity index (χ1v) is 7.61. The van der Waals surface area contributed by atoms with Crippen molar-refractivity contribution < 1.29 is 14.3 Å². The molecule has 0 bridgehead atoms. The smallest absolute Gasteiger partial charge is 0.227 e. The first kappa shape index (κ1) is 18.3. The highest BCUT2D eigenvalue weighted by molar-refractivity contribution is 5.92. The fraction of sp³-hybridized carbons (Fsp3) is 0.588. The van der Waals surface area contributed by atoms with Gasteiger partial charge in [-0.1, -0.05) is 20.8 Å². The number of ether oxygens (including phenoxy) is 2. The SMILES string of the molecule is COc1ccc(NC(=O)C(C)C(C)C)cc1OCCN(C)C. The van der Waals surface area contributed by atoms with Crippen LogP contribution in [-0.2, 0) is 4.79 Å². The number of benzene rings is 1. The lowest BCUT2D eigenvalue weighted by molar-refractivity contribution is -0.120. The van der Waals surface area contributed by atoms with Crippen LogP contribution in [0, 0.1) is 11.8 Å². The van der Waals surface area contributed by atoms with E-state index in [4.69, 9.17) is 9.47 Å². The van der Waals surface area contributed by atoms with E-state index in [9.17, 15) is 4.79 Å². The van der Waals surface area contributed by atoms with Crippen LogP contribution in [0.1, 0.15) is 20.8 Å². The van der Waals surface area contributed by atoms with Crippen molar-refractivity contribution in [3.05, 3.63) is 18.2 Å². The third-order valence-corrected chi connectivity index (χ3v) is 3.64. The Hall–Kier alpha value is -1.75. The minimum absolute atomic E-state index is 0.0133. The van der Waals surface area contributed by atoms with Gasteiger partial charge >= 0.3 is 0 Å². The Balaban J connectivity index is 2.78. The van der Waals surface area contributed by atoms with Gasteiger partial charge in [0.2, 0.25) is 5.91 Å². The van der Waals surface area contributed by atoms with Crippen LogP contribution < -0.4 is 14.8 Å². The highest BCUT2D eigenvalue weighted by Gasteiger charge is 2.17. The van der Waals surface area contributed by atoms with Crippen molar-refractivity contribution in [3.63, 3.8) is 0 Å². The fourth-order valence-electron chi connectivity index (χ4n) is 1.76. The molecule has 124 valence electrons. The molecule has 0 spiro atoms. The zero-order chi connectivity index (χ0) is 16.7. The number of methoxy groups -OCH3 is 1. The molecule has 0 aromatic heterocycles. The molecular formula is C17H28N2O3. The van der Waals surface area contributed by atoms with E-state index in [0.29, 0.717) is 24.0 Å². The summed E-state index contributed by atoms with van der Waals surface area (Å²) in [7, 11) is 5.59. The normalized spacial score (nSPS) is 12.4. The molecule has 0 radical (unpaired) electrons. The van der Waals surface area contributed by atoms with Crippen LogP contribution >= 0.6 is 0 Å². The van der Waals surface area contributed by atoms with Crippen molar-refractivity contribution in [3.8, 4) is 11.5 Å². The Morgan fingerprint density at radius 3 is 2.45 bits per heavy atom. The number of carbonyl (C=O) groups is 1. The third kappa shape index (κ3) is 5.56. The van der Waals surface area contributed by atoms with Gasteiger partial charge in [-0.2, -0.15) is 0 Å². The van der Waals surface area contributed by atoms with E-state index in [2.05, 4.69) is 5.32 Å². The molecule has 1 aromatic carbocycles. The van der Waals surface area contributed by atoms with Crippen molar-refractivity contribution in [2.75, 3.05) is 39.7 Å². The molecule has 1 atom stereocenters. The molecule has 5 heteroatoms. The van der Waals surface area contributed by atoms with Gasteiger partial charge < -0.3 is 19.7 Å². The Morgan fingerprint density at radius 1 is 1.23 bits per heavy atom. The predicted molar refractivity (Wildman–Crippen MR) is 89.7 cm³/mol. The fourth-order valence-corrected chi connectivity index (χ4v) is 1.76. The largest absolute Gasteiger partial charge is 0.493 e. The van der Waals surface area contributed by atoms with Crippen LogP contribution in [-0.4, -0.2) is 45.2 Å². The molecule has 1 N–H and O–H groups in total. The van der Waals surface area contributed by atoms with Gasteiger partial charge in [0.15, 0.2) is 11.5 Å². The minimum atomic E-state index is -0.0415. The number of nitrogens with one attached hydrogen (secondary N) is 1. The van der Waals surface area contributed by atoms with E-state index < -0.39 is 0 Å². The van der Waals surface area contributed by atoms with E-state index in [1.165, 1.54) is 0 Å². The number of amides is 1. The van der Waals surface area contributed by atoms with Crippen LogP contribution in [0.2, 0.25) is 0 Å². The van der Waals surface area contributed by atoms with Crippen molar-refractivity contribution in [1.29, 1.82) is 0 Å². The number of rotatable bonds is 8. The van der Waals surface area contributed by atoms with E-state index in [0.717, 1.165) is 12.2 Å². The second kappa shape index (κ2) is 8.63. The van der Waals surface area contributed by atoms with Crippen molar-refractivity contribution >= 4 is 11.6 Å². The van der Waals surface area contributed by atoms with E-state index in [1.54, 1.807) is 19.2 Å². The van der Waals surface area contributed by atoms with Gasteiger partial charge in [-0.25, -0.2) is 0 Å². The van der Waals surface area contributed by atoms with Gasteiger partial charge in [-0.3, -0.25) is 4.79 Å². The highest BCUT2D eigenvalue weighted by Crippen LogP contribution is 2.30. The predicted octanol–water partition coefficient (Wildman–Crippen LogP) is 2.87. The molecule has 0 fully saturated rings. The molecule has 1 unspecified atom stereocenters. The number of hydrogen-bond acceptors (Lipinski definition) is 4. The lowest BCUT2D eigenvalue weighted by atomic mass is 9.97. The van der Waals surface area contributed by atoms with E-state index in [1.807, 2.05) is 45.8 Å².